The van der Waals surface area contributed by atoms with Crippen molar-refractivity contribution in [3.8, 4) is 0 Å². The lowest BCUT2D eigenvalue weighted by Crippen LogP contribution is -2.21. The van der Waals surface area contributed by atoms with Crippen LogP contribution >= 0.6 is 0 Å². The molecule has 0 aliphatic carbocycles. The van der Waals surface area contributed by atoms with Crippen molar-refractivity contribution in [2.45, 2.75) is 6.18 Å². The van der Waals surface area contributed by atoms with E-state index in [1.807, 2.05) is 60.7 Å². The van der Waals surface area contributed by atoms with Gasteiger partial charge < -0.3 is 20.7 Å². The zero-order valence-electron chi connectivity index (χ0n) is 17.8. The summed E-state index contributed by atoms with van der Waals surface area (Å²) in [6.45, 7) is 0. The number of amides is 1. The number of nitrogens with one attached hydrogen (secondary N) is 2. The van der Waals surface area contributed by atoms with Crippen molar-refractivity contribution in [2.24, 2.45) is 7.05 Å². The molecule has 0 bridgehead atoms. The number of fused-ring (bicyclic) bond motifs is 1. The smallest absolute Gasteiger partial charge is 0.475 e. The lowest BCUT2D eigenvalue weighted by Gasteiger charge is -2.09. The Morgan fingerprint density at radius 3 is 2.41 bits per heavy atom. The first-order valence-electron chi connectivity index (χ1n) is 9.80. The molecule has 0 atom stereocenters. The number of alkyl halides is 3. The number of hydrogen-bond donors (Lipinski definition) is 4. The number of para-hydroxylation sites is 2. The second-order valence-corrected chi connectivity index (χ2v) is 7.10. The van der Waals surface area contributed by atoms with Crippen LogP contribution in [0.1, 0.15) is 21.7 Å². The summed E-state index contributed by atoms with van der Waals surface area (Å²) in [6.07, 6.45) is 0.505. The van der Waals surface area contributed by atoms with Crippen molar-refractivity contribution in [2.75, 3.05) is 11.1 Å². The third kappa shape index (κ3) is 5.82. The number of hydrogen-bond acceptors (Lipinski definition) is 4. The molecule has 0 unspecified atom stereocenters. The number of nitrogen functional groups attached to an aromatic ring is 1. The van der Waals surface area contributed by atoms with Crippen LogP contribution in [0.25, 0.3) is 23.1 Å². The van der Waals surface area contributed by atoms with Gasteiger partial charge in [-0.1, -0.05) is 42.5 Å². The normalized spacial score (nSPS) is 11.3. The summed E-state index contributed by atoms with van der Waals surface area (Å²) in [6, 6.07) is 17.2. The average Bonchev–Trinajstić information content (AvgIpc) is 3.35. The Labute approximate surface area is 191 Å². The molecule has 0 saturated carbocycles. The van der Waals surface area contributed by atoms with E-state index >= 15 is 0 Å². The van der Waals surface area contributed by atoms with Gasteiger partial charge in [-0.15, -0.1) is 0 Å². The standard InChI is InChI=1S/C21H19N5O.C2HF3O2/c1-26-13-15(22)12-20(26)21(27)23-17-8-4-2-6-14(17)10-11-19-16-7-3-5-9-18(16)24-25-19;3-2(4,5)1(6)7/h2-13H,22H2,1H3,(H,23,27)(H,24,25);(H,6,7)/b11-10+;. The third-order valence-electron chi connectivity index (χ3n) is 4.63. The summed E-state index contributed by atoms with van der Waals surface area (Å²) in [5, 5.41) is 18.5. The Balaban J connectivity index is 0.000000406. The summed E-state index contributed by atoms with van der Waals surface area (Å²) in [4.78, 5) is 21.5. The van der Waals surface area contributed by atoms with E-state index in [9.17, 15) is 18.0 Å². The zero-order chi connectivity index (χ0) is 24.9. The van der Waals surface area contributed by atoms with Crippen LogP contribution in [0.3, 0.4) is 0 Å². The van der Waals surface area contributed by atoms with E-state index in [-0.39, 0.29) is 5.91 Å². The molecule has 0 radical (unpaired) electrons. The van der Waals surface area contributed by atoms with Gasteiger partial charge in [0, 0.05) is 24.3 Å². The van der Waals surface area contributed by atoms with Gasteiger partial charge in [0.1, 0.15) is 5.69 Å². The van der Waals surface area contributed by atoms with Crippen LogP contribution in [0.15, 0.2) is 60.8 Å². The highest BCUT2D eigenvalue weighted by atomic mass is 19.4. The number of aromatic nitrogens is 3. The van der Waals surface area contributed by atoms with E-state index in [0.29, 0.717) is 11.4 Å². The lowest BCUT2D eigenvalue weighted by atomic mass is 10.1. The number of aromatic amines is 1. The third-order valence-corrected chi connectivity index (χ3v) is 4.63. The molecular formula is C23H20F3N5O3. The van der Waals surface area contributed by atoms with Gasteiger partial charge in [0.25, 0.3) is 5.91 Å². The number of carbonyl (C=O) groups is 2. The zero-order valence-corrected chi connectivity index (χ0v) is 17.8. The van der Waals surface area contributed by atoms with Crippen LogP contribution in [0, 0.1) is 0 Å². The van der Waals surface area contributed by atoms with Crippen molar-refractivity contribution in [1.82, 2.24) is 14.8 Å². The number of anilines is 2. The first kappa shape index (κ1) is 24.1. The largest absolute Gasteiger partial charge is 0.490 e. The Morgan fingerprint density at radius 2 is 1.76 bits per heavy atom. The van der Waals surface area contributed by atoms with E-state index in [2.05, 4.69) is 15.5 Å². The molecule has 0 aliphatic rings. The average molecular weight is 471 g/mol. The molecule has 0 saturated heterocycles. The fourth-order valence-electron chi connectivity index (χ4n) is 3.04. The van der Waals surface area contributed by atoms with Crippen molar-refractivity contribution in [3.63, 3.8) is 0 Å². The van der Waals surface area contributed by atoms with Gasteiger partial charge >= 0.3 is 12.1 Å². The monoisotopic (exact) mass is 471 g/mol. The van der Waals surface area contributed by atoms with E-state index in [0.717, 1.165) is 27.8 Å². The molecule has 2 heterocycles. The molecular weight excluding hydrogens is 451 g/mol. The van der Waals surface area contributed by atoms with Gasteiger partial charge in [0.05, 0.1) is 16.9 Å². The van der Waals surface area contributed by atoms with Crippen molar-refractivity contribution >= 4 is 46.3 Å². The molecule has 2 aromatic heterocycles. The molecule has 2 aromatic carbocycles. The number of aryl methyl sites for hydroxylation is 1. The van der Waals surface area contributed by atoms with Gasteiger partial charge in [-0.2, -0.15) is 18.3 Å². The van der Waals surface area contributed by atoms with Gasteiger partial charge in [0.2, 0.25) is 0 Å². The predicted molar refractivity (Wildman–Crippen MR) is 123 cm³/mol. The quantitative estimate of drug-likeness (QED) is 0.348. The number of carbonyl (C=O) groups excluding carboxylic acids is 1. The Bertz CT molecular complexity index is 1360. The van der Waals surface area contributed by atoms with Crippen molar-refractivity contribution in [3.05, 3.63) is 77.7 Å². The van der Waals surface area contributed by atoms with Gasteiger partial charge in [-0.05, 0) is 29.8 Å². The number of carboxylic acids is 1. The predicted octanol–water partition coefficient (Wildman–Crippen LogP) is 4.54. The minimum Gasteiger partial charge on any atom is -0.475 e. The molecule has 0 fully saturated rings. The molecule has 8 nitrogen and oxygen atoms in total. The first-order valence-corrected chi connectivity index (χ1v) is 9.80. The van der Waals surface area contributed by atoms with Crippen LogP contribution in [0.5, 0.6) is 0 Å². The van der Waals surface area contributed by atoms with E-state index in [4.69, 9.17) is 15.6 Å². The molecule has 0 aliphatic heterocycles. The van der Waals surface area contributed by atoms with E-state index in [1.54, 1.807) is 23.9 Å². The van der Waals surface area contributed by atoms with E-state index < -0.39 is 12.1 Å². The number of benzene rings is 2. The van der Waals surface area contributed by atoms with Gasteiger partial charge in [-0.25, -0.2) is 4.79 Å². The highest BCUT2D eigenvalue weighted by Crippen LogP contribution is 2.22. The summed E-state index contributed by atoms with van der Waals surface area (Å²) >= 11 is 0. The Morgan fingerprint density at radius 1 is 1.12 bits per heavy atom. The van der Waals surface area contributed by atoms with Crippen molar-refractivity contribution < 1.29 is 27.9 Å². The molecule has 5 N–H and O–H groups in total. The molecule has 34 heavy (non-hydrogen) atoms. The fourth-order valence-corrected chi connectivity index (χ4v) is 3.04. The van der Waals surface area contributed by atoms with Crippen molar-refractivity contribution in [1.29, 1.82) is 0 Å². The van der Waals surface area contributed by atoms with Crippen LogP contribution in [-0.2, 0) is 11.8 Å². The number of rotatable bonds is 4. The number of aliphatic carboxylic acids is 1. The molecule has 4 rings (SSSR count). The molecule has 4 aromatic rings. The van der Waals surface area contributed by atoms with Crippen LogP contribution in [-0.4, -0.2) is 37.9 Å². The maximum absolute atomic E-state index is 12.6. The first-order chi connectivity index (χ1) is 16.1. The van der Waals surface area contributed by atoms with E-state index in [1.165, 1.54) is 0 Å². The molecule has 1 amide bonds. The number of nitrogens with two attached hydrogens (primary N) is 1. The SMILES string of the molecule is Cn1cc(N)cc1C(=O)Nc1ccccc1/C=C/c1n[nH]c2ccccc12.O=C(O)C(F)(F)F. The van der Waals surface area contributed by atoms with Crippen LogP contribution in [0.2, 0.25) is 0 Å². The fraction of sp³-hybridized carbons (Fsp3) is 0.0870. The summed E-state index contributed by atoms with van der Waals surface area (Å²) in [5.41, 5.74) is 10.3. The van der Waals surface area contributed by atoms with Gasteiger partial charge in [0.15, 0.2) is 0 Å². The summed E-state index contributed by atoms with van der Waals surface area (Å²) < 4.78 is 33.4. The Hall–Kier alpha value is -4.54. The van der Waals surface area contributed by atoms with Crippen LogP contribution < -0.4 is 11.1 Å². The highest BCUT2D eigenvalue weighted by Gasteiger charge is 2.38. The number of H-pyrrole nitrogens is 1. The topological polar surface area (TPSA) is 126 Å². The highest BCUT2D eigenvalue weighted by molar-refractivity contribution is 6.05. The maximum atomic E-state index is 12.6. The lowest BCUT2D eigenvalue weighted by molar-refractivity contribution is -0.192. The number of carboxylic acid groups (broad SMARTS) is 1. The molecule has 0 spiro atoms. The number of halogens is 3. The second-order valence-electron chi connectivity index (χ2n) is 7.10. The minimum atomic E-state index is -5.08. The van der Waals surface area contributed by atoms with Gasteiger partial charge in [-0.3, -0.25) is 9.89 Å². The maximum Gasteiger partial charge on any atom is 0.490 e. The Kier molecular flexibility index (Phi) is 7.05. The molecule has 11 heteroatoms. The molecule has 176 valence electrons. The minimum absolute atomic E-state index is 0.208. The summed E-state index contributed by atoms with van der Waals surface area (Å²) in [5.74, 6) is -2.97. The van der Waals surface area contributed by atoms with Crippen LogP contribution in [0.4, 0.5) is 24.5 Å². The second kappa shape index (κ2) is 9.94. The number of nitrogens with zero attached hydrogens (tertiary/aromatic N) is 2. The summed E-state index contributed by atoms with van der Waals surface area (Å²) in [7, 11) is 1.79.